The van der Waals surface area contributed by atoms with E-state index in [1.165, 1.54) is 6.33 Å². The van der Waals surface area contributed by atoms with Gasteiger partial charge in [-0.15, -0.1) is 0 Å². The first-order valence-electron chi connectivity index (χ1n) is 8.85. The molecule has 0 aliphatic rings. The molecule has 0 amide bonds. The second-order valence-corrected chi connectivity index (χ2v) is 6.07. The number of ether oxygens (including phenoxy) is 2. The van der Waals surface area contributed by atoms with Gasteiger partial charge in [0.1, 0.15) is 12.1 Å². The molecule has 0 radical (unpaired) electrons. The van der Waals surface area contributed by atoms with E-state index in [2.05, 4.69) is 25.4 Å². The Bertz CT molecular complexity index is 1080. The van der Waals surface area contributed by atoms with E-state index >= 15 is 0 Å². The van der Waals surface area contributed by atoms with E-state index in [4.69, 9.17) is 9.47 Å². The van der Waals surface area contributed by atoms with Crippen LogP contribution in [-0.2, 0) is 6.42 Å². The molecular weight excluding hydrogens is 356 g/mol. The lowest BCUT2D eigenvalue weighted by atomic mass is 10.1. The quantitative estimate of drug-likeness (QED) is 0.531. The Hall–Kier alpha value is -3.68. The molecule has 3 heterocycles. The normalized spacial score (nSPS) is 10.8. The maximum absolute atomic E-state index is 5.36. The molecule has 0 unspecified atom stereocenters. The van der Waals surface area contributed by atoms with Gasteiger partial charge < -0.3 is 14.8 Å². The fourth-order valence-electron chi connectivity index (χ4n) is 2.99. The SMILES string of the molecule is COc1ccc(CCNc2ncnc3c2cnn3-c2ccccn2)cc1OC. The van der Waals surface area contributed by atoms with Gasteiger partial charge in [-0.25, -0.2) is 15.0 Å². The number of hydrogen-bond acceptors (Lipinski definition) is 7. The molecule has 28 heavy (non-hydrogen) atoms. The third-order valence-electron chi connectivity index (χ3n) is 4.39. The second-order valence-electron chi connectivity index (χ2n) is 6.07. The van der Waals surface area contributed by atoms with Gasteiger partial charge in [0.2, 0.25) is 0 Å². The molecular formula is C20H20N6O2. The zero-order valence-electron chi connectivity index (χ0n) is 15.7. The Kier molecular flexibility index (Phi) is 5.01. The zero-order valence-corrected chi connectivity index (χ0v) is 15.7. The van der Waals surface area contributed by atoms with Crippen LogP contribution < -0.4 is 14.8 Å². The average molecular weight is 376 g/mol. The summed E-state index contributed by atoms with van der Waals surface area (Å²) in [5, 5.41) is 8.63. The summed E-state index contributed by atoms with van der Waals surface area (Å²) in [5.41, 5.74) is 1.85. The summed E-state index contributed by atoms with van der Waals surface area (Å²) in [5.74, 6) is 2.90. The van der Waals surface area contributed by atoms with E-state index in [0.717, 1.165) is 34.7 Å². The first-order valence-corrected chi connectivity index (χ1v) is 8.85. The molecule has 4 aromatic rings. The summed E-state index contributed by atoms with van der Waals surface area (Å²) in [4.78, 5) is 13.1. The van der Waals surface area contributed by atoms with Crippen molar-refractivity contribution >= 4 is 16.9 Å². The van der Waals surface area contributed by atoms with Gasteiger partial charge in [0, 0.05) is 12.7 Å². The Balaban J connectivity index is 1.51. The minimum atomic E-state index is 0.705. The van der Waals surface area contributed by atoms with Gasteiger partial charge in [0.05, 0.1) is 25.8 Å². The number of benzene rings is 1. The molecule has 0 aliphatic heterocycles. The Labute approximate surface area is 162 Å². The highest BCUT2D eigenvalue weighted by Crippen LogP contribution is 2.28. The average Bonchev–Trinajstić information content (AvgIpc) is 3.19. The fourth-order valence-corrected chi connectivity index (χ4v) is 2.99. The van der Waals surface area contributed by atoms with Crippen molar-refractivity contribution < 1.29 is 9.47 Å². The first-order chi connectivity index (χ1) is 13.8. The molecule has 1 N–H and O–H groups in total. The third-order valence-corrected chi connectivity index (χ3v) is 4.39. The molecule has 0 spiro atoms. The van der Waals surface area contributed by atoms with Gasteiger partial charge in [-0.3, -0.25) is 0 Å². The fraction of sp³-hybridized carbons (Fsp3) is 0.200. The van der Waals surface area contributed by atoms with Gasteiger partial charge in [0.25, 0.3) is 0 Å². The first kappa shape index (κ1) is 17.7. The summed E-state index contributed by atoms with van der Waals surface area (Å²) < 4.78 is 12.3. The predicted octanol–water partition coefficient (Wildman–Crippen LogP) is 2.88. The van der Waals surface area contributed by atoms with Crippen LogP contribution in [0.2, 0.25) is 0 Å². The van der Waals surface area contributed by atoms with Crippen molar-refractivity contribution in [1.29, 1.82) is 0 Å². The molecule has 1 aromatic carbocycles. The summed E-state index contributed by atoms with van der Waals surface area (Å²) in [6, 6.07) is 11.6. The molecule has 8 nitrogen and oxygen atoms in total. The molecule has 0 fully saturated rings. The highest BCUT2D eigenvalue weighted by Gasteiger charge is 2.11. The van der Waals surface area contributed by atoms with Gasteiger partial charge in [-0.1, -0.05) is 12.1 Å². The molecule has 3 aromatic heterocycles. The van der Waals surface area contributed by atoms with E-state index in [0.29, 0.717) is 18.0 Å². The highest BCUT2D eigenvalue weighted by atomic mass is 16.5. The smallest absolute Gasteiger partial charge is 0.170 e. The van der Waals surface area contributed by atoms with E-state index in [9.17, 15) is 0 Å². The molecule has 0 saturated carbocycles. The van der Waals surface area contributed by atoms with Crippen molar-refractivity contribution in [3.63, 3.8) is 0 Å². The van der Waals surface area contributed by atoms with E-state index in [-0.39, 0.29) is 0 Å². The van der Waals surface area contributed by atoms with Crippen LogP contribution in [0.25, 0.3) is 16.9 Å². The third kappa shape index (κ3) is 3.44. The lowest BCUT2D eigenvalue weighted by molar-refractivity contribution is 0.354. The van der Waals surface area contributed by atoms with Gasteiger partial charge in [-0.2, -0.15) is 9.78 Å². The van der Waals surface area contributed by atoms with E-state index < -0.39 is 0 Å². The monoisotopic (exact) mass is 376 g/mol. The Morgan fingerprint density at radius 3 is 2.68 bits per heavy atom. The van der Waals surface area contributed by atoms with Crippen molar-refractivity contribution in [3.8, 4) is 17.3 Å². The topological polar surface area (TPSA) is 87.0 Å². The van der Waals surface area contributed by atoms with Gasteiger partial charge in [0.15, 0.2) is 23.0 Å². The number of fused-ring (bicyclic) bond motifs is 1. The number of anilines is 1. The van der Waals surface area contributed by atoms with Gasteiger partial charge >= 0.3 is 0 Å². The van der Waals surface area contributed by atoms with Crippen LogP contribution in [0, 0.1) is 0 Å². The number of aromatic nitrogens is 5. The number of nitrogens with one attached hydrogen (secondary N) is 1. The van der Waals surface area contributed by atoms with Crippen molar-refractivity contribution in [2.45, 2.75) is 6.42 Å². The number of nitrogens with zero attached hydrogens (tertiary/aromatic N) is 5. The summed E-state index contributed by atoms with van der Waals surface area (Å²) in [6.07, 6.45) is 5.82. The summed E-state index contributed by atoms with van der Waals surface area (Å²) in [6.45, 7) is 0.705. The van der Waals surface area contributed by atoms with Crippen LogP contribution in [0.4, 0.5) is 5.82 Å². The largest absolute Gasteiger partial charge is 0.493 e. The Morgan fingerprint density at radius 2 is 1.89 bits per heavy atom. The van der Waals surface area contributed by atoms with Crippen LogP contribution >= 0.6 is 0 Å². The van der Waals surface area contributed by atoms with Crippen LogP contribution in [0.1, 0.15) is 5.56 Å². The standard InChI is InChI=1S/C20H20N6O2/c1-27-16-7-6-14(11-17(16)28-2)8-10-22-19-15-12-25-26(20(15)24-13-23-19)18-5-3-4-9-21-18/h3-7,9,11-13H,8,10H2,1-2H3,(H,22,23,24). The number of methoxy groups -OCH3 is 2. The number of hydrogen-bond donors (Lipinski definition) is 1. The molecule has 8 heteroatoms. The molecule has 0 aliphatic carbocycles. The maximum atomic E-state index is 5.36. The molecule has 142 valence electrons. The van der Waals surface area contributed by atoms with Gasteiger partial charge in [-0.05, 0) is 36.2 Å². The minimum Gasteiger partial charge on any atom is -0.493 e. The highest BCUT2D eigenvalue weighted by molar-refractivity contribution is 5.86. The van der Waals surface area contributed by atoms with E-state index in [1.54, 1.807) is 31.3 Å². The summed E-state index contributed by atoms with van der Waals surface area (Å²) in [7, 11) is 3.27. The van der Waals surface area contributed by atoms with Crippen LogP contribution in [-0.4, -0.2) is 45.5 Å². The zero-order chi connectivity index (χ0) is 19.3. The van der Waals surface area contributed by atoms with Crippen LogP contribution in [0.5, 0.6) is 11.5 Å². The lowest BCUT2D eigenvalue weighted by Gasteiger charge is -2.10. The van der Waals surface area contributed by atoms with E-state index in [1.807, 2.05) is 36.4 Å². The van der Waals surface area contributed by atoms with Crippen molar-refractivity contribution in [3.05, 3.63) is 60.7 Å². The van der Waals surface area contributed by atoms with Crippen LogP contribution in [0.15, 0.2) is 55.1 Å². The lowest BCUT2D eigenvalue weighted by Crippen LogP contribution is -2.07. The second kappa shape index (κ2) is 7.91. The minimum absolute atomic E-state index is 0.705. The van der Waals surface area contributed by atoms with Crippen molar-refractivity contribution in [2.75, 3.05) is 26.1 Å². The van der Waals surface area contributed by atoms with Crippen molar-refractivity contribution in [1.82, 2.24) is 24.7 Å². The van der Waals surface area contributed by atoms with Crippen molar-refractivity contribution in [2.24, 2.45) is 0 Å². The maximum Gasteiger partial charge on any atom is 0.170 e. The Morgan fingerprint density at radius 1 is 1.00 bits per heavy atom. The number of pyridine rings is 1. The molecule has 0 saturated heterocycles. The molecule has 0 bridgehead atoms. The molecule has 4 rings (SSSR count). The number of rotatable bonds is 7. The molecule has 0 atom stereocenters. The van der Waals surface area contributed by atoms with Crippen LogP contribution in [0.3, 0.4) is 0 Å². The summed E-state index contributed by atoms with van der Waals surface area (Å²) >= 11 is 0. The predicted molar refractivity (Wildman–Crippen MR) is 106 cm³/mol.